The van der Waals surface area contributed by atoms with Crippen molar-refractivity contribution in [3.05, 3.63) is 66.2 Å². The van der Waals surface area contributed by atoms with E-state index in [-0.39, 0.29) is 6.04 Å². The van der Waals surface area contributed by atoms with E-state index in [1.165, 1.54) is 16.3 Å². The second-order valence-corrected chi connectivity index (χ2v) is 5.06. The predicted molar refractivity (Wildman–Crippen MR) is 82.7 cm³/mol. The van der Waals surface area contributed by atoms with E-state index in [0.29, 0.717) is 0 Å². The maximum absolute atomic E-state index is 4.49. The van der Waals surface area contributed by atoms with Gasteiger partial charge in [0, 0.05) is 13.2 Å². The molecular weight excluding hydrogens is 246 g/mol. The first-order valence-corrected chi connectivity index (χ1v) is 6.98. The maximum Gasteiger partial charge on any atom is 0.0947 e. The van der Waals surface area contributed by atoms with Gasteiger partial charge in [-0.05, 0) is 28.9 Å². The van der Waals surface area contributed by atoms with Crippen molar-refractivity contribution in [3.63, 3.8) is 0 Å². The molecule has 0 aliphatic rings. The Bertz CT molecular complexity index is 715. The van der Waals surface area contributed by atoms with Crippen molar-refractivity contribution >= 4 is 10.8 Å². The molecule has 0 radical (unpaired) electrons. The van der Waals surface area contributed by atoms with Crippen molar-refractivity contribution in [2.75, 3.05) is 6.54 Å². The van der Waals surface area contributed by atoms with Gasteiger partial charge < -0.3 is 9.88 Å². The fourth-order valence-corrected chi connectivity index (χ4v) is 2.57. The molecule has 2 aromatic carbocycles. The lowest BCUT2D eigenvalue weighted by molar-refractivity contribution is 0.618. The fraction of sp³-hybridized carbons (Fsp3) is 0.235. The summed E-state index contributed by atoms with van der Waals surface area (Å²) in [5.74, 6) is 0. The van der Waals surface area contributed by atoms with Gasteiger partial charge in [-0.3, -0.25) is 0 Å². The molecule has 0 saturated carbocycles. The summed E-state index contributed by atoms with van der Waals surface area (Å²) in [7, 11) is 2.00. The zero-order chi connectivity index (χ0) is 13.9. The summed E-state index contributed by atoms with van der Waals surface area (Å²) in [6.07, 6.45) is 3.92. The lowest BCUT2D eigenvalue weighted by atomic mass is 10.00. The van der Waals surface area contributed by atoms with Crippen LogP contribution in [0.4, 0.5) is 0 Å². The van der Waals surface area contributed by atoms with Crippen LogP contribution >= 0.6 is 0 Å². The number of rotatable bonds is 4. The number of benzene rings is 2. The van der Waals surface area contributed by atoms with Gasteiger partial charge >= 0.3 is 0 Å². The van der Waals surface area contributed by atoms with E-state index in [4.69, 9.17) is 0 Å². The van der Waals surface area contributed by atoms with Gasteiger partial charge in [-0.1, -0.05) is 43.3 Å². The zero-order valence-corrected chi connectivity index (χ0v) is 11.9. The summed E-state index contributed by atoms with van der Waals surface area (Å²) in [4.78, 5) is 4.49. The number of aromatic nitrogens is 2. The largest absolute Gasteiger partial charge is 0.340 e. The van der Waals surface area contributed by atoms with Crippen molar-refractivity contribution < 1.29 is 0 Å². The van der Waals surface area contributed by atoms with Crippen LogP contribution in [0, 0.1) is 0 Å². The summed E-state index contributed by atoms with van der Waals surface area (Å²) in [5.41, 5.74) is 2.31. The predicted octanol–water partition coefficient (Wildman–Crippen LogP) is 3.27. The minimum atomic E-state index is 0.144. The Balaban J connectivity index is 2.04. The van der Waals surface area contributed by atoms with Crippen LogP contribution in [-0.4, -0.2) is 16.1 Å². The molecule has 1 heterocycles. The van der Waals surface area contributed by atoms with Gasteiger partial charge in [-0.25, -0.2) is 4.98 Å². The number of nitrogens with one attached hydrogen (secondary N) is 1. The van der Waals surface area contributed by atoms with Crippen molar-refractivity contribution in [2.24, 2.45) is 7.05 Å². The topological polar surface area (TPSA) is 29.9 Å². The van der Waals surface area contributed by atoms with Crippen molar-refractivity contribution in [1.82, 2.24) is 14.9 Å². The molecule has 0 saturated heterocycles. The Labute approximate surface area is 119 Å². The standard InChI is InChI=1S/C17H19N3/c1-3-18-17(16-11-20(2)12-19-16)15-9-8-13-6-4-5-7-14(13)10-15/h4-12,17-18H,3H2,1-2H3. The van der Waals surface area contributed by atoms with Crippen LogP contribution in [0.15, 0.2) is 55.0 Å². The van der Waals surface area contributed by atoms with Crippen LogP contribution in [0.2, 0.25) is 0 Å². The lowest BCUT2D eigenvalue weighted by Crippen LogP contribution is -2.22. The Hall–Kier alpha value is -2.13. The highest BCUT2D eigenvalue weighted by atomic mass is 15.0. The highest BCUT2D eigenvalue weighted by Gasteiger charge is 2.15. The molecule has 102 valence electrons. The van der Waals surface area contributed by atoms with Crippen LogP contribution in [0.1, 0.15) is 24.2 Å². The first-order valence-electron chi connectivity index (χ1n) is 6.98. The van der Waals surface area contributed by atoms with Crippen LogP contribution in [0.25, 0.3) is 10.8 Å². The van der Waals surface area contributed by atoms with Crippen molar-refractivity contribution in [2.45, 2.75) is 13.0 Å². The Morgan fingerprint density at radius 3 is 2.65 bits per heavy atom. The minimum Gasteiger partial charge on any atom is -0.340 e. The third-order valence-electron chi connectivity index (χ3n) is 3.54. The molecule has 3 rings (SSSR count). The van der Waals surface area contributed by atoms with Crippen LogP contribution < -0.4 is 5.32 Å². The molecule has 20 heavy (non-hydrogen) atoms. The van der Waals surface area contributed by atoms with Crippen LogP contribution in [0.5, 0.6) is 0 Å². The number of hydrogen-bond donors (Lipinski definition) is 1. The monoisotopic (exact) mass is 265 g/mol. The van der Waals surface area contributed by atoms with Gasteiger partial charge in [0.2, 0.25) is 0 Å². The number of aryl methyl sites for hydroxylation is 1. The molecule has 0 amide bonds. The summed E-state index contributed by atoms with van der Waals surface area (Å²) >= 11 is 0. The fourth-order valence-electron chi connectivity index (χ4n) is 2.57. The van der Waals surface area contributed by atoms with Crippen LogP contribution in [0.3, 0.4) is 0 Å². The van der Waals surface area contributed by atoms with Gasteiger partial charge in [0.15, 0.2) is 0 Å². The second-order valence-electron chi connectivity index (χ2n) is 5.06. The van der Waals surface area contributed by atoms with E-state index < -0.39 is 0 Å². The summed E-state index contributed by atoms with van der Waals surface area (Å²) in [6, 6.07) is 15.2. The summed E-state index contributed by atoms with van der Waals surface area (Å²) in [5, 5.41) is 6.06. The van der Waals surface area contributed by atoms with Crippen LogP contribution in [-0.2, 0) is 7.05 Å². The third-order valence-corrected chi connectivity index (χ3v) is 3.54. The normalized spacial score (nSPS) is 12.7. The number of hydrogen-bond acceptors (Lipinski definition) is 2. The molecule has 0 spiro atoms. The van der Waals surface area contributed by atoms with Gasteiger partial charge in [-0.15, -0.1) is 0 Å². The maximum atomic E-state index is 4.49. The van der Waals surface area contributed by atoms with Gasteiger partial charge in [0.05, 0.1) is 18.1 Å². The summed E-state index contributed by atoms with van der Waals surface area (Å²) in [6.45, 7) is 3.03. The van der Waals surface area contributed by atoms with E-state index >= 15 is 0 Å². The highest BCUT2D eigenvalue weighted by molar-refractivity contribution is 5.83. The first-order chi connectivity index (χ1) is 9.78. The van der Waals surface area contributed by atoms with Crippen molar-refractivity contribution in [3.8, 4) is 0 Å². The Kier molecular flexibility index (Phi) is 3.52. The molecule has 3 heteroatoms. The molecule has 1 N–H and O–H groups in total. The quantitative estimate of drug-likeness (QED) is 0.784. The average Bonchev–Trinajstić information content (AvgIpc) is 2.90. The molecule has 1 unspecified atom stereocenters. The average molecular weight is 265 g/mol. The zero-order valence-electron chi connectivity index (χ0n) is 11.9. The Morgan fingerprint density at radius 1 is 1.15 bits per heavy atom. The second kappa shape index (κ2) is 5.47. The first kappa shape index (κ1) is 12.9. The number of imidazole rings is 1. The van der Waals surface area contributed by atoms with E-state index in [2.05, 4.69) is 65.9 Å². The third kappa shape index (κ3) is 2.45. The smallest absolute Gasteiger partial charge is 0.0947 e. The van der Waals surface area contributed by atoms with E-state index in [9.17, 15) is 0 Å². The van der Waals surface area contributed by atoms with Gasteiger partial charge in [0.1, 0.15) is 0 Å². The minimum absolute atomic E-state index is 0.144. The molecule has 0 bridgehead atoms. The molecule has 3 aromatic rings. The molecule has 0 aliphatic carbocycles. The molecule has 3 nitrogen and oxygen atoms in total. The molecule has 1 aromatic heterocycles. The molecule has 1 atom stereocenters. The molecule has 0 fully saturated rings. The van der Waals surface area contributed by atoms with Gasteiger partial charge in [0.25, 0.3) is 0 Å². The molecular formula is C17H19N3. The van der Waals surface area contributed by atoms with E-state index in [0.717, 1.165) is 12.2 Å². The van der Waals surface area contributed by atoms with E-state index in [1.54, 1.807) is 0 Å². The highest BCUT2D eigenvalue weighted by Crippen LogP contribution is 2.24. The van der Waals surface area contributed by atoms with E-state index in [1.807, 2.05) is 17.9 Å². The summed E-state index contributed by atoms with van der Waals surface area (Å²) < 4.78 is 1.99. The Morgan fingerprint density at radius 2 is 1.95 bits per heavy atom. The van der Waals surface area contributed by atoms with Gasteiger partial charge in [-0.2, -0.15) is 0 Å². The van der Waals surface area contributed by atoms with Crippen molar-refractivity contribution in [1.29, 1.82) is 0 Å². The number of fused-ring (bicyclic) bond motifs is 1. The number of nitrogens with zero attached hydrogens (tertiary/aromatic N) is 2. The lowest BCUT2D eigenvalue weighted by Gasteiger charge is -2.17. The SMILES string of the molecule is CCNC(c1ccc2ccccc2c1)c1cn(C)cn1. The molecule has 0 aliphatic heterocycles.